The van der Waals surface area contributed by atoms with Crippen molar-refractivity contribution in [2.45, 2.75) is 12.8 Å². The molecular weight excluding hydrogens is 102 g/mol. The molecule has 43 valence electrons. The van der Waals surface area contributed by atoms with Crippen LogP contribution in [0.5, 0.6) is 0 Å². The highest BCUT2D eigenvalue weighted by Crippen LogP contribution is 1.96. The molecule has 1 aromatic rings. The number of hydrogen-bond donors (Lipinski definition) is 0. The van der Waals surface area contributed by atoms with Gasteiger partial charge < -0.3 is 4.42 Å². The van der Waals surface area contributed by atoms with Crippen LogP contribution in [0.4, 0.5) is 0 Å². The fourth-order valence-corrected chi connectivity index (χ4v) is 0.542. The summed E-state index contributed by atoms with van der Waals surface area (Å²) in [6, 6.07) is 0. The molecule has 8 heavy (non-hydrogen) atoms. The van der Waals surface area contributed by atoms with Crippen LogP contribution < -0.4 is 0 Å². The maximum atomic E-state index is 4.73. The maximum absolute atomic E-state index is 4.73. The quantitative estimate of drug-likeness (QED) is 0.575. The summed E-state index contributed by atoms with van der Waals surface area (Å²) < 4.78 is 4.73. The van der Waals surface area contributed by atoms with Crippen molar-refractivity contribution in [3.05, 3.63) is 25.3 Å². The van der Waals surface area contributed by atoms with Crippen molar-refractivity contribution in [3.8, 4) is 0 Å². The molecule has 0 aromatic carbocycles. The van der Waals surface area contributed by atoms with Crippen LogP contribution in [-0.2, 0) is 6.42 Å². The molecule has 0 atom stereocenters. The third kappa shape index (κ3) is 1.09. The van der Waals surface area contributed by atoms with Crippen molar-refractivity contribution in [2.24, 2.45) is 0 Å². The molecule has 1 radical (unpaired) electrons. The van der Waals surface area contributed by atoms with Crippen molar-refractivity contribution in [1.82, 2.24) is 4.98 Å². The summed E-state index contributed by atoms with van der Waals surface area (Å²) in [6.45, 7) is 3.68. The van der Waals surface area contributed by atoms with Gasteiger partial charge in [0.25, 0.3) is 0 Å². The molecule has 1 rings (SSSR count). The van der Waals surface area contributed by atoms with Crippen LogP contribution >= 0.6 is 0 Å². The van der Waals surface area contributed by atoms with E-state index in [1.807, 2.05) is 0 Å². The predicted molar refractivity (Wildman–Crippen MR) is 30.2 cm³/mol. The summed E-state index contributed by atoms with van der Waals surface area (Å²) in [5.41, 5.74) is 0.986. The normalized spacial score (nSPS) is 9.62. The topological polar surface area (TPSA) is 26.0 Å². The first-order chi connectivity index (χ1) is 3.93. The summed E-state index contributed by atoms with van der Waals surface area (Å²) in [4.78, 5) is 3.90. The number of nitrogens with zero attached hydrogens (tertiary/aromatic N) is 1. The Morgan fingerprint density at radius 2 is 2.62 bits per heavy atom. The van der Waals surface area contributed by atoms with Crippen LogP contribution in [0, 0.1) is 6.92 Å². The third-order valence-corrected chi connectivity index (χ3v) is 0.916. The van der Waals surface area contributed by atoms with Crippen molar-refractivity contribution in [2.75, 3.05) is 0 Å². The van der Waals surface area contributed by atoms with Crippen LogP contribution in [0.15, 0.2) is 17.1 Å². The molecule has 2 heteroatoms. The van der Waals surface area contributed by atoms with Crippen molar-refractivity contribution >= 4 is 0 Å². The number of rotatable bonds is 2. The van der Waals surface area contributed by atoms with Gasteiger partial charge in [0.15, 0.2) is 6.39 Å². The Labute approximate surface area is 48.5 Å². The molecule has 0 aliphatic carbocycles. The van der Waals surface area contributed by atoms with Gasteiger partial charge in [-0.1, -0.05) is 6.92 Å². The molecule has 2 nitrogen and oxygen atoms in total. The third-order valence-electron chi connectivity index (χ3n) is 0.916. The summed E-state index contributed by atoms with van der Waals surface area (Å²) in [5.74, 6) is 0. The van der Waals surface area contributed by atoms with E-state index in [1.54, 1.807) is 6.26 Å². The van der Waals surface area contributed by atoms with Gasteiger partial charge in [0, 0.05) is 0 Å². The SMILES string of the molecule is [CH2]CCc1cocn1. The van der Waals surface area contributed by atoms with Gasteiger partial charge >= 0.3 is 0 Å². The predicted octanol–water partition coefficient (Wildman–Crippen LogP) is 1.44. The van der Waals surface area contributed by atoms with Gasteiger partial charge in [0.1, 0.15) is 6.26 Å². The molecule has 0 saturated carbocycles. The van der Waals surface area contributed by atoms with Crippen LogP contribution in [0.25, 0.3) is 0 Å². The van der Waals surface area contributed by atoms with E-state index in [1.165, 1.54) is 6.39 Å². The lowest BCUT2D eigenvalue weighted by molar-refractivity contribution is 0.556. The van der Waals surface area contributed by atoms with Crippen LogP contribution in [-0.4, -0.2) is 4.98 Å². The van der Waals surface area contributed by atoms with Crippen LogP contribution in [0.3, 0.4) is 0 Å². The number of oxazole rings is 1. The lowest BCUT2D eigenvalue weighted by atomic mass is 10.3. The minimum atomic E-state index is 0.881. The smallest absolute Gasteiger partial charge is 0.180 e. The molecule has 1 heterocycles. The first-order valence-corrected chi connectivity index (χ1v) is 2.60. The Balaban J connectivity index is 2.50. The molecular formula is C6H8NO. The van der Waals surface area contributed by atoms with Crippen molar-refractivity contribution < 1.29 is 4.42 Å². The maximum Gasteiger partial charge on any atom is 0.180 e. The van der Waals surface area contributed by atoms with Gasteiger partial charge in [-0.3, -0.25) is 0 Å². The lowest BCUT2D eigenvalue weighted by Gasteiger charge is -1.82. The molecule has 0 aliphatic heterocycles. The van der Waals surface area contributed by atoms with Gasteiger partial charge in [0.05, 0.1) is 5.69 Å². The summed E-state index contributed by atoms with van der Waals surface area (Å²) in [7, 11) is 0. The number of aryl methyl sites for hydroxylation is 1. The van der Waals surface area contributed by atoms with Gasteiger partial charge in [-0.25, -0.2) is 4.98 Å². The standard InChI is InChI=1S/C6H8NO/c1-2-3-6-4-8-5-7-6/h4-5H,1-3H2. The highest BCUT2D eigenvalue weighted by atomic mass is 16.3. The Kier molecular flexibility index (Phi) is 1.67. The molecule has 0 unspecified atom stereocenters. The van der Waals surface area contributed by atoms with Gasteiger partial charge in [-0.15, -0.1) is 0 Å². The molecule has 0 saturated heterocycles. The summed E-state index contributed by atoms with van der Waals surface area (Å²) in [6.07, 6.45) is 4.87. The van der Waals surface area contributed by atoms with E-state index in [0.29, 0.717) is 0 Å². The Hall–Kier alpha value is -0.790. The molecule has 0 fully saturated rings. The molecule has 1 aromatic heterocycles. The van der Waals surface area contributed by atoms with Crippen molar-refractivity contribution in [1.29, 1.82) is 0 Å². The van der Waals surface area contributed by atoms with Crippen LogP contribution in [0.1, 0.15) is 12.1 Å². The van der Waals surface area contributed by atoms with Gasteiger partial charge in [-0.05, 0) is 12.8 Å². The first kappa shape index (κ1) is 5.35. The van der Waals surface area contributed by atoms with Gasteiger partial charge in [-0.2, -0.15) is 0 Å². The van der Waals surface area contributed by atoms with E-state index < -0.39 is 0 Å². The zero-order valence-electron chi connectivity index (χ0n) is 4.63. The van der Waals surface area contributed by atoms with E-state index in [4.69, 9.17) is 4.42 Å². The molecule has 0 N–H and O–H groups in total. The largest absolute Gasteiger partial charge is 0.451 e. The number of hydrogen-bond acceptors (Lipinski definition) is 2. The highest BCUT2D eigenvalue weighted by molar-refractivity contribution is 4.90. The zero-order valence-corrected chi connectivity index (χ0v) is 4.63. The fraction of sp³-hybridized carbons (Fsp3) is 0.333. The van der Waals surface area contributed by atoms with Crippen LogP contribution in [0.2, 0.25) is 0 Å². The van der Waals surface area contributed by atoms with E-state index in [2.05, 4.69) is 11.9 Å². The summed E-state index contributed by atoms with van der Waals surface area (Å²) >= 11 is 0. The van der Waals surface area contributed by atoms with Gasteiger partial charge in [0.2, 0.25) is 0 Å². The van der Waals surface area contributed by atoms with E-state index >= 15 is 0 Å². The second-order valence-corrected chi connectivity index (χ2v) is 1.58. The first-order valence-electron chi connectivity index (χ1n) is 2.60. The molecule has 0 bridgehead atoms. The fourth-order valence-electron chi connectivity index (χ4n) is 0.542. The lowest BCUT2D eigenvalue weighted by Crippen LogP contribution is -1.79. The minimum absolute atomic E-state index is 0.881. The average molecular weight is 110 g/mol. The second-order valence-electron chi connectivity index (χ2n) is 1.58. The van der Waals surface area contributed by atoms with E-state index in [9.17, 15) is 0 Å². The second kappa shape index (κ2) is 2.50. The average Bonchev–Trinajstić information content (AvgIpc) is 2.19. The zero-order chi connectivity index (χ0) is 5.82. The Morgan fingerprint density at radius 1 is 1.75 bits per heavy atom. The number of aromatic nitrogens is 1. The van der Waals surface area contributed by atoms with E-state index in [-0.39, 0.29) is 0 Å². The monoisotopic (exact) mass is 110 g/mol. The molecule has 0 aliphatic rings. The van der Waals surface area contributed by atoms with Crippen molar-refractivity contribution in [3.63, 3.8) is 0 Å². The van der Waals surface area contributed by atoms with E-state index in [0.717, 1.165) is 18.5 Å². The Morgan fingerprint density at radius 3 is 3.12 bits per heavy atom. The molecule has 0 amide bonds. The highest BCUT2D eigenvalue weighted by Gasteiger charge is 1.89. The summed E-state index contributed by atoms with van der Waals surface area (Å²) in [5, 5.41) is 0. The Bertz CT molecular complexity index is 134. The molecule has 0 spiro atoms. The minimum Gasteiger partial charge on any atom is -0.451 e.